The summed E-state index contributed by atoms with van der Waals surface area (Å²) in [5, 5.41) is 2.73. The molecule has 0 aliphatic carbocycles. The van der Waals surface area contributed by atoms with E-state index in [4.69, 9.17) is 9.47 Å². The Bertz CT molecular complexity index is 630. The minimum atomic E-state index is -0.880. The van der Waals surface area contributed by atoms with Gasteiger partial charge in [0.15, 0.2) is 0 Å². The molecule has 1 atom stereocenters. The second-order valence-electron chi connectivity index (χ2n) is 5.87. The van der Waals surface area contributed by atoms with Gasteiger partial charge in [-0.15, -0.1) is 11.3 Å². The fourth-order valence-electron chi connectivity index (χ4n) is 2.53. The van der Waals surface area contributed by atoms with E-state index in [1.54, 1.807) is 13.8 Å². The Balaban J connectivity index is 2.86. The highest BCUT2D eigenvalue weighted by Gasteiger charge is 2.25. The average molecular weight is 416 g/mol. The zero-order valence-corrected chi connectivity index (χ0v) is 17.9. The summed E-state index contributed by atoms with van der Waals surface area (Å²) in [4.78, 5) is 38.3. The summed E-state index contributed by atoms with van der Waals surface area (Å²) < 4.78 is 9.93. The summed E-state index contributed by atoms with van der Waals surface area (Å²) in [6.45, 7) is 5.89. The monoisotopic (exact) mass is 415 g/mol. The lowest BCUT2D eigenvalue weighted by Crippen LogP contribution is -2.42. The maximum Gasteiger partial charge on any atom is 0.328 e. The summed E-state index contributed by atoms with van der Waals surface area (Å²) in [6, 6.07) is 1.16. The first-order valence-corrected chi connectivity index (χ1v) is 10.8. The van der Waals surface area contributed by atoms with Gasteiger partial charge in [-0.2, -0.15) is 12.6 Å². The smallest absolute Gasteiger partial charge is 0.328 e. The van der Waals surface area contributed by atoms with Crippen LogP contribution in [0.25, 0.3) is 0 Å². The molecular formula is C19H29NO5S2. The molecular weight excluding hydrogens is 386 g/mol. The molecule has 0 aliphatic heterocycles. The molecule has 1 N–H and O–H groups in total. The number of aryl methyl sites for hydroxylation is 2. The minimum absolute atomic E-state index is 0.0376. The van der Waals surface area contributed by atoms with Gasteiger partial charge in [0.05, 0.1) is 18.1 Å². The van der Waals surface area contributed by atoms with Crippen molar-refractivity contribution in [2.45, 2.75) is 58.9 Å². The summed E-state index contributed by atoms with van der Waals surface area (Å²) in [6.07, 6.45) is 2.73. The van der Waals surface area contributed by atoms with Crippen LogP contribution in [0.3, 0.4) is 0 Å². The first kappa shape index (κ1) is 23.5. The maximum absolute atomic E-state index is 12.8. The molecule has 0 bridgehead atoms. The van der Waals surface area contributed by atoms with E-state index in [1.807, 2.05) is 13.0 Å². The molecule has 27 heavy (non-hydrogen) atoms. The minimum Gasteiger partial charge on any atom is -0.466 e. The normalized spacial score (nSPS) is 11.7. The van der Waals surface area contributed by atoms with Crippen LogP contribution in [-0.4, -0.2) is 42.9 Å². The quantitative estimate of drug-likeness (QED) is 0.405. The van der Waals surface area contributed by atoms with Crippen LogP contribution in [0, 0.1) is 0 Å². The van der Waals surface area contributed by atoms with E-state index in [0.717, 1.165) is 35.5 Å². The van der Waals surface area contributed by atoms with Gasteiger partial charge in [-0.1, -0.05) is 6.92 Å². The van der Waals surface area contributed by atoms with Crippen LogP contribution in [0.15, 0.2) is 6.07 Å². The van der Waals surface area contributed by atoms with Gasteiger partial charge in [0.2, 0.25) is 0 Å². The average Bonchev–Trinajstić information content (AvgIpc) is 3.07. The van der Waals surface area contributed by atoms with E-state index in [2.05, 4.69) is 17.9 Å². The lowest BCUT2D eigenvalue weighted by atomic mass is 10.1. The van der Waals surface area contributed by atoms with Crippen LogP contribution in [-0.2, 0) is 31.9 Å². The molecule has 0 unspecified atom stereocenters. The summed E-state index contributed by atoms with van der Waals surface area (Å²) in [5.41, 5.74) is 0.958. The van der Waals surface area contributed by atoms with Gasteiger partial charge in [-0.25, -0.2) is 4.79 Å². The number of rotatable bonds is 12. The number of hydrogen-bond acceptors (Lipinski definition) is 7. The standard InChI is InChI=1S/C19H29NO5S2/c1-4-13-12-14(8-7-11-26)27-17(13)18(22)20-15(19(23)25-6-3)9-10-16(21)24-5-2/h12,15,26H,4-11H2,1-3H3,(H,20,22)/t15-/m0/s1. The molecule has 1 aromatic heterocycles. The Kier molecular flexibility index (Phi) is 11.1. The van der Waals surface area contributed by atoms with Crippen LogP contribution in [0.5, 0.6) is 0 Å². The molecule has 0 spiro atoms. The van der Waals surface area contributed by atoms with Crippen molar-refractivity contribution in [3.8, 4) is 0 Å². The number of carbonyl (C=O) groups is 3. The zero-order chi connectivity index (χ0) is 20.2. The molecule has 0 aromatic carbocycles. The van der Waals surface area contributed by atoms with E-state index < -0.39 is 18.0 Å². The summed E-state index contributed by atoms with van der Waals surface area (Å²) >= 11 is 5.67. The number of thiophene rings is 1. The molecule has 8 heteroatoms. The van der Waals surface area contributed by atoms with Crippen molar-refractivity contribution in [2.24, 2.45) is 0 Å². The fourth-order valence-corrected chi connectivity index (χ4v) is 3.88. The van der Waals surface area contributed by atoms with Crippen LogP contribution < -0.4 is 5.32 Å². The highest BCUT2D eigenvalue weighted by molar-refractivity contribution is 7.80. The van der Waals surface area contributed by atoms with E-state index in [1.165, 1.54) is 11.3 Å². The molecule has 0 aliphatic rings. The first-order valence-electron chi connectivity index (χ1n) is 9.32. The second kappa shape index (κ2) is 12.8. The van der Waals surface area contributed by atoms with Crippen LogP contribution in [0.2, 0.25) is 0 Å². The van der Waals surface area contributed by atoms with E-state index in [9.17, 15) is 14.4 Å². The van der Waals surface area contributed by atoms with Crippen molar-refractivity contribution < 1.29 is 23.9 Å². The van der Waals surface area contributed by atoms with Crippen molar-refractivity contribution in [3.05, 3.63) is 21.4 Å². The molecule has 1 heterocycles. The molecule has 0 saturated heterocycles. The van der Waals surface area contributed by atoms with Gasteiger partial charge >= 0.3 is 11.9 Å². The fraction of sp³-hybridized carbons (Fsp3) is 0.632. The molecule has 0 radical (unpaired) electrons. The van der Waals surface area contributed by atoms with Crippen LogP contribution in [0.1, 0.15) is 60.1 Å². The SMILES string of the molecule is CCOC(=O)CC[C@H](NC(=O)c1sc(CCCS)cc1CC)C(=O)OCC. The molecule has 152 valence electrons. The number of hydrogen-bond donors (Lipinski definition) is 2. The zero-order valence-electron chi connectivity index (χ0n) is 16.2. The Morgan fingerprint density at radius 1 is 1.19 bits per heavy atom. The van der Waals surface area contributed by atoms with Gasteiger partial charge in [-0.05, 0) is 56.9 Å². The van der Waals surface area contributed by atoms with Crippen LogP contribution in [0.4, 0.5) is 0 Å². The third kappa shape index (κ3) is 7.92. The third-order valence-electron chi connectivity index (χ3n) is 3.85. The lowest BCUT2D eigenvalue weighted by molar-refractivity contribution is -0.146. The van der Waals surface area contributed by atoms with E-state index >= 15 is 0 Å². The van der Waals surface area contributed by atoms with Gasteiger partial charge in [0.25, 0.3) is 5.91 Å². The molecule has 1 aromatic rings. The number of thiol groups is 1. The predicted molar refractivity (Wildman–Crippen MR) is 110 cm³/mol. The van der Waals surface area contributed by atoms with E-state index in [-0.39, 0.29) is 32.0 Å². The topological polar surface area (TPSA) is 81.7 Å². The van der Waals surface area contributed by atoms with Crippen molar-refractivity contribution in [2.75, 3.05) is 19.0 Å². The Morgan fingerprint density at radius 3 is 2.48 bits per heavy atom. The number of amides is 1. The maximum atomic E-state index is 12.8. The van der Waals surface area contributed by atoms with Gasteiger partial charge in [0.1, 0.15) is 6.04 Å². The van der Waals surface area contributed by atoms with Crippen molar-refractivity contribution in [1.29, 1.82) is 0 Å². The van der Waals surface area contributed by atoms with Crippen molar-refractivity contribution in [1.82, 2.24) is 5.32 Å². The van der Waals surface area contributed by atoms with Crippen LogP contribution >= 0.6 is 24.0 Å². The summed E-state index contributed by atoms with van der Waals surface area (Å²) in [5.74, 6) is -0.462. The molecule has 0 fully saturated rings. The molecule has 1 amide bonds. The third-order valence-corrected chi connectivity index (χ3v) is 5.40. The molecule has 6 nitrogen and oxygen atoms in total. The van der Waals surface area contributed by atoms with E-state index in [0.29, 0.717) is 4.88 Å². The Hall–Kier alpha value is -1.54. The second-order valence-corrected chi connectivity index (χ2v) is 7.45. The van der Waals surface area contributed by atoms with Gasteiger partial charge in [-0.3, -0.25) is 9.59 Å². The summed E-state index contributed by atoms with van der Waals surface area (Å²) in [7, 11) is 0. The first-order chi connectivity index (χ1) is 13.0. The van der Waals surface area contributed by atoms with Gasteiger partial charge in [0, 0.05) is 11.3 Å². The lowest BCUT2D eigenvalue weighted by Gasteiger charge is -2.17. The number of carbonyl (C=O) groups excluding carboxylic acids is 3. The molecule has 1 rings (SSSR count). The number of nitrogens with one attached hydrogen (secondary N) is 1. The van der Waals surface area contributed by atoms with Gasteiger partial charge < -0.3 is 14.8 Å². The Labute approximate surface area is 170 Å². The predicted octanol–water partition coefficient (Wildman–Crippen LogP) is 3.18. The molecule has 0 saturated carbocycles. The highest BCUT2D eigenvalue weighted by atomic mass is 32.1. The number of ether oxygens (including phenoxy) is 2. The number of esters is 2. The van der Waals surface area contributed by atoms with Crippen molar-refractivity contribution >= 4 is 41.8 Å². The van der Waals surface area contributed by atoms with Crippen molar-refractivity contribution in [3.63, 3.8) is 0 Å². The Morgan fingerprint density at radius 2 is 1.89 bits per heavy atom. The largest absolute Gasteiger partial charge is 0.466 e. The highest BCUT2D eigenvalue weighted by Crippen LogP contribution is 2.25.